The molecule has 5 heteroatoms. The van der Waals surface area contributed by atoms with E-state index in [1.807, 2.05) is 39.0 Å². The fraction of sp³-hybridized carbons (Fsp3) is 0.481. The molecular weight excluding hydrogens is 405 g/mol. The third kappa shape index (κ3) is 4.87. The summed E-state index contributed by atoms with van der Waals surface area (Å²) >= 11 is 0. The Kier molecular flexibility index (Phi) is 6.36. The van der Waals surface area contributed by atoms with Gasteiger partial charge in [0.1, 0.15) is 17.2 Å². The third-order valence-corrected chi connectivity index (χ3v) is 6.26. The summed E-state index contributed by atoms with van der Waals surface area (Å²) in [5.41, 5.74) is 4.07. The molecule has 0 aromatic heterocycles. The van der Waals surface area contributed by atoms with Gasteiger partial charge in [0.25, 0.3) is 0 Å². The average Bonchev–Trinajstić information content (AvgIpc) is 2.71. The van der Waals surface area contributed by atoms with Crippen LogP contribution in [-0.4, -0.2) is 30.4 Å². The van der Waals surface area contributed by atoms with E-state index in [1.54, 1.807) is 12.1 Å². The Labute approximate surface area is 189 Å². The summed E-state index contributed by atoms with van der Waals surface area (Å²) < 4.78 is 24.9. The summed E-state index contributed by atoms with van der Waals surface area (Å²) in [5, 5.41) is 0. The molecule has 1 aliphatic carbocycles. The van der Waals surface area contributed by atoms with Gasteiger partial charge in [-0.25, -0.2) is 4.39 Å². The second-order valence-corrected chi connectivity index (χ2v) is 9.78. The van der Waals surface area contributed by atoms with E-state index in [4.69, 9.17) is 14.5 Å². The number of esters is 1. The smallest absolute Gasteiger partial charge is 0.306 e. The molecule has 2 aromatic rings. The monoisotopic (exact) mass is 437 g/mol. The van der Waals surface area contributed by atoms with E-state index in [0.717, 1.165) is 54.8 Å². The van der Waals surface area contributed by atoms with Gasteiger partial charge in [-0.15, -0.1) is 0 Å². The standard InChI is InChI=1S/C27H32FNO3/c1-26(2,3)32-24(30)6-4-17-31-22-12-7-19-13-16-29-25(23(19)18-22)27(14-5-15-27)20-8-10-21(28)11-9-20/h7-12,18H,4-6,13-17H2,1-3H3. The molecule has 32 heavy (non-hydrogen) atoms. The number of rotatable bonds is 7. The normalized spacial score (nSPS) is 17.1. The van der Waals surface area contributed by atoms with Crippen molar-refractivity contribution < 1.29 is 18.7 Å². The van der Waals surface area contributed by atoms with Gasteiger partial charge >= 0.3 is 5.97 Å². The van der Waals surface area contributed by atoms with Crippen molar-refractivity contribution in [2.75, 3.05) is 13.2 Å². The highest BCUT2D eigenvalue weighted by Gasteiger charge is 2.45. The maximum absolute atomic E-state index is 13.5. The molecule has 2 aliphatic rings. The summed E-state index contributed by atoms with van der Waals surface area (Å²) in [5.74, 6) is 0.375. The predicted octanol–water partition coefficient (Wildman–Crippen LogP) is 5.79. The number of ether oxygens (including phenoxy) is 2. The first-order chi connectivity index (χ1) is 15.3. The molecule has 0 saturated heterocycles. The van der Waals surface area contributed by atoms with Crippen molar-refractivity contribution in [3.05, 3.63) is 65.0 Å². The summed E-state index contributed by atoms with van der Waals surface area (Å²) in [4.78, 5) is 16.9. The zero-order valence-corrected chi connectivity index (χ0v) is 19.2. The van der Waals surface area contributed by atoms with Gasteiger partial charge in [-0.05, 0) is 81.8 Å². The van der Waals surface area contributed by atoms with Gasteiger partial charge in [0, 0.05) is 23.9 Å². The Bertz CT molecular complexity index is 1000. The van der Waals surface area contributed by atoms with Crippen LogP contribution in [0.25, 0.3) is 0 Å². The van der Waals surface area contributed by atoms with E-state index in [9.17, 15) is 9.18 Å². The van der Waals surface area contributed by atoms with Crippen LogP contribution in [0, 0.1) is 5.82 Å². The van der Waals surface area contributed by atoms with E-state index >= 15 is 0 Å². The highest BCUT2D eigenvalue weighted by Crippen LogP contribution is 2.48. The minimum Gasteiger partial charge on any atom is -0.494 e. The molecule has 1 aliphatic heterocycles. The van der Waals surface area contributed by atoms with Crippen molar-refractivity contribution in [2.45, 2.75) is 70.3 Å². The van der Waals surface area contributed by atoms with Crippen LogP contribution in [0.1, 0.15) is 69.6 Å². The van der Waals surface area contributed by atoms with Gasteiger partial charge in [-0.3, -0.25) is 9.79 Å². The number of nitrogens with zero attached hydrogens (tertiary/aromatic N) is 1. The lowest BCUT2D eigenvalue weighted by molar-refractivity contribution is -0.155. The number of hydrogen-bond donors (Lipinski definition) is 0. The fourth-order valence-electron chi connectivity index (χ4n) is 4.63. The Morgan fingerprint density at radius 1 is 1.12 bits per heavy atom. The first-order valence-electron chi connectivity index (χ1n) is 11.6. The molecule has 0 bridgehead atoms. The number of hydrogen-bond acceptors (Lipinski definition) is 4. The van der Waals surface area contributed by atoms with Gasteiger partial charge in [-0.1, -0.05) is 24.6 Å². The fourth-order valence-corrected chi connectivity index (χ4v) is 4.63. The van der Waals surface area contributed by atoms with Crippen molar-refractivity contribution in [1.29, 1.82) is 0 Å². The first-order valence-corrected chi connectivity index (χ1v) is 11.6. The van der Waals surface area contributed by atoms with Crippen LogP contribution < -0.4 is 4.74 Å². The van der Waals surface area contributed by atoms with Gasteiger partial charge < -0.3 is 9.47 Å². The van der Waals surface area contributed by atoms with Crippen molar-refractivity contribution >= 4 is 11.7 Å². The van der Waals surface area contributed by atoms with Gasteiger partial charge in [0.15, 0.2) is 0 Å². The minimum absolute atomic E-state index is 0.141. The highest BCUT2D eigenvalue weighted by atomic mass is 19.1. The van der Waals surface area contributed by atoms with Crippen molar-refractivity contribution in [3.63, 3.8) is 0 Å². The van der Waals surface area contributed by atoms with Crippen LogP contribution in [0.2, 0.25) is 0 Å². The maximum atomic E-state index is 13.5. The number of carbonyl (C=O) groups is 1. The van der Waals surface area contributed by atoms with E-state index < -0.39 is 5.60 Å². The van der Waals surface area contributed by atoms with Crippen molar-refractivity contribution in [2.24, 2.45) is 4.99 Å². The average molecular weight is 438 g/mol. The number of aliphatic imine (C=N–C) groups is 1. The van der Waals surface area contributed by atoms with E-state index in [0.29, 0.717) is 19.4 Å². The molecule has 0 atom stereocenters. The largest absolute Gasteiger partial charge is 0.494 e. The van der Waals surface area contributed by atoms with Crippen molar-refractivity contribution in [3.8, 4) is 5.75 Å². The quantitative estimate of drug-likeness (QED) is 0.407. The van der Waals surface area contributed by atoms with Crippen LogP contribution in [0.3, 0.4) is 0 Å². The van der Waals surface area contributed by atoms with Gasteiger partial charge in [0.05, 0.1) is 12.3 Å². The molecule has 4 rings (SSSR count). The molecule has 1 saturated carbocycles. The predicted molar refractivity (Wildman–Crippen MR) is 124 cm³/mol. The zero-order chi connectivity index (χ0) is 22.8. The number of benzene rings is 2. The lowest BCUT2D eigenvalue weighted by Crippen LogP contribution is -2.44. The Morgan fingerprint density at radius 3 is 2.53 bits per heavy atom. The van der Waals surface area contributed by atoms with E-state index in [-0.39, 0.29) is 17.2 Å². The van der Waals surface area contributed by atoms with Crippen LogP contribution in [0.4, 0.5) is 4.39 Å². The van der Waals surface area contributed by atoms with E-state index in [1.165, 1.54) is 5.56 Å². The molecule has 0 N–H and O–H groups in total. The second kappa shape index (κ2) is 9.05. The highest BCUT2D eigenvalue weighted by molar-refractivity contribution is 6.10. The van der Waals surface area contributed by atoms with E-state index in [2.05, 4.69) is 12.1 Å². The Balaban J connectivity index is 1.47. The summed E-state index contributed by atoms with van der Waals surface area (Å²) in [6.45, 7) is 6.84. The third-order valence-electron chi connectivity index (χ3n) is 6.26. The number of carbonyl (C=O) groups excluding carboxylic acids is 1. The summed E-state index contributed by atoms with van der Waals surface area (Å²) in [6.07, 6.45) is 5.05. The molecule has 1 fully saturated rings. The van der Waals surface area contributed by atoms with Gasteiger partial charge in [-0.2, -0.15) is 0 Å². The molecule has 2 aromatic carbocycles. The second-order valence-electron chi connectivity index (χ2n) is 9.78. The topological polar surface area (TPSA) is 47.9 Å². The SMILES string of the molecule is CC(C)(C)OC(=O)CCCOc1ccc2c(c1)C(C1(c3ccc(F)cc3)CCC1)=NCC2. The number of halogens is 1. The molecule has 170 valence electrons. The van der Waals surface area contributed by atoms with Crippen LogP contribution >= 0.6 is 0 Å². The molecule has 0 amide bonds. The first kappa shape index (κ1) is 22.5. The number of fused-ring (bicyclic) bond motifs is 1. The maximum Gasteiger partial charge on any atom is 0.306 e. The Morgan fingerprint density at radius 2 is 1.88 bits per heavy atom. The molecular formula is C27H32FNO3. The molecule has 4 nitrogen and oxygen atoms in total. The van der Waals surface area contributed by atoms with Crippen molar-refractivity contribution in [1.82, 2.24) is 0 Å². The molecule has 0 spiro atoms. The van der Waals surface area contributed by atoms with Crippen LogP contribution in [0.15, 0.2) is 47.5 Å². The van der Waals surface area contributed by atoms with Crippen LogP contribution in [0.5, 0.6) is 5.75 Å². The zero-order valence-electron chi connectivity index (χ0n) is 19.2. The summed E-state index contributed by atoms with van der Waals surface area (Å²) in [6, 6.07) is 13.1. The molecule has 1 heterocycles. The lowest BCUT2D eigenvalue weighted by atomic mass is 9.59. The summed E-state index contributed by atoms with van der Waals surface area (Å²) in [7, 11) is 0. The molecule has 0 unspecified atom stereocenters. The van der Waals surface area contributed by atoms with Crippen LogP contribution in [-0.2, 0) is 21.4 Å². The lowest BCUT2D eigenvalue weighted by Gasteiger charge is -2.45. The minimum atomic E-state index is -0.464. The van der Waals surface area contributed by atoms with Gasteiger partial charge in [0.2, 0.25) is 0 Å². The molecule has 0 radical (unpaired) electrons. The Hall–Kier alpha value is -2.69.